The number of carboxylic acids is 2. The van der Waals surface area contributed by atoms with Crippen molar-refractivity contribution in [2.45, 2.75) is 49.5 Å². The van der Waals surface area contributed by atoms with Crippen molar-refractivity contribution in [2.75, 3.05) is 0 Å². The van der Waals surface area contributed by atoms with Gasteiger partial charge in [0.2, 0.25) is 0 Å². The van der Waals surface area contributed by atoms with Crippen LogP contribution in [0.4, 0.5) is 0 Å². The summed E-state index contributed by atoms with van der Waals surface area (Å²) in [6.07, 6.45) is 1.35. The summed E-state index contributed by atoms with van der Waals surface area (Å²) in [6, 6.07) is 5.72. The molecule has 0 spiro atoms. The second-order valence-corrected chi connectivity index (χ2v) is 6.38. The highest BCUT2D eigenvalue weighted by Gasteiger charge is 2.44. The number of hydrogen-bond donors (Lipinski definition) is 4. The molecule has 8 nitrogen and oxygen atoms in total. The van der Waals surface area contributed by atoms with E-state index < -0.39 is 24.1 Å². The van der Waals surface area contributed by atoms with Crippen molar-refractivity contribution in [3.63, 3.8) is 0 Å². The summed E-state index contributed by atoms with van der Waals surface area (Å²) in [5.74, 6) is -3.11. The lowest BCUT2D eigenvalue weighted by Crippen LogP contribution is -2.88. The summed E-state index contributed by atoms with van der Waals surface area (Å²) in [5.41, 5.74) is 1.37. The first-order valence-electron chi connectivity index (χ1n) is 7.55. The number of halogens is 1. The van der Waals surface area contributed by atoms with E-state index in [1.165, 1.54) is 24.8 Å². The summed E-state index contributed by atoms with van der Waals surface area (Å²) in [6.45, 7) is 0. The van der Waals surface area contributed by atoms with E-state index in [2.05, 4.69) is 16.4 Å². The smallest absolute Gasteiger partial charge is 0.335 e. The molecule has 0 unspecified atom stereocenters. The van der Waals surface area contributed by atoms with Crippen LogP contribution in [-0.2, 0) is 9.59 Å². The van der Waals surface area contributed by atoms with Crippen LogP contribution in [0.2, 0.25) is 5.15 Å². The van der Waals surface area contributed by atoms with Gasteiger partial charge in [-0.15, -0.1) is 0 Å². The Balaban J connectivity index is 0.000000187. The maximum Gasteiger partial charge on any atom is 0.335 e. The first-order chi connectivity index (χ1) is 11.3. The van der Waals surface area contributed by atoms with E-state index in [0.29, 0.717) is 5.15 Å². The molecule has 2 saturated heterocycles. The zero-order valence-electron chi connectivity index (χ0n) is 12.7. The Hall–Kier alpha value is -1.74. The van der Waals surface area contributed by atoms with Crippen molar-refractivity contribution in [1.82, 2.24) is 4.98 Å². The van der Waals surface area contributed by atoms with Crippen molar-refractivity contribution < 1.29 is 35.3 Å². The van der Waals surface area contributed by atoms with Crippen LogP contribution >= 0.6 is 11.6 Å². The fraction of sp³-hybridized carbons (Fsp3) is 0.533. The number of aliphatic hydroxyl groups excluding tert-OH is 2. The van der Waals surface area contributed by atoms with E-state index in [1.54, 1.807) is 0 Å². The number of carbonyl (C=O) groups is 2. The number of aromatic nitrogens is 1. The van der Waals surface area contributed by atoms with Gasteiger partial charge in [0.15, 0.2) is 6.10 Å². The van der Waals surface area contributed by atoms with Crippen LogP contribution in [0.15, 0.2) is 18.3 Å². The second-order valence-electron chi connectivity index (χ2n) is 6.00. The lowest BCUT2D eigenvalue weighted by atomic mass is 9.85. The average molecular weight is 359 g/mol. The number of aliphatic hydroxyl groups is 2. The molecule has 2 fully saturated rings. The molecule has 0 amide bonds. The van der Waals surface area contributed by atoms with Crippen LogP contribution in [0, 0.1) is 0 Å². The quantitative estimate of drug-likeness (QED) is 0.449. The lowest BCUT2D eigenvalue weighted by Gasteiger charge is -2.16. The van der Waals surface area contributed by atoms with Crippen molar-refractivity contribution in [3.8, 4) is 0 Å². The van der Waals surface area contributed by atoms with Gasteiger partial charge in [-0.3, -0.25) is 0 Å². The molecule has 5 N–H and O–H groups in total. The van der Waals surface area contributed by atoms with Gasteiger partial charge in [0, 0.05) is 31.4 Å². The minimum Gasteiger partial charge on any atom is -0.547 e. The van der Waals surface area contributed by atoms with E-state index in [0.717, 1.165) is 18.0 Å². The molecule has 3 heterocycles. The first-order valence-corrected chi connectivity index (χ1v) is 7.93. The number of quaternary nitrogens is 1. The molecule has 0 radical (unpaired) electrons. The average Bonchev–Trinajstić information content (AvgIpc) is 3.17. The highest BCUT2D eigenvalue weighted by Crippen LogP contribution is 2.34. The van der Waals surface area contributed by atoms with Crippen molar-refractivity contribution in [3.05, 3.63) is 29.0 Å². The van der Waals surface area contributed by atoms with Crippen LogP contribution in [0.3, 0.4) is 0 Å². The number of aliphatic carboxylic acids is 2. The van der Waals surface area contributed by atoms with Crippen molar-refractivity contribution in [2.24, 2.45) is 0 Å². The largest absolute Gasteiger partial charge is 0.547 e. The fourth-order valence-electron chi connectivity index (χ4n) is 3.24. The van der Waals surface area contributed by atoms with Gasteiger partial charge in [-0.2, -0.15) is 0 Å². The van der Waals surface area contributed by atoms with E-state index in [9.17, 15) is 14.7 Å². The molecule has 1 aromatic heterocycles. The van der Waals surface area contributed by atoms with Crippen LogP contribution in [-0.4, -0.2) is 56.5 Å². The molecule has 3 rings (SSSR count). The monoisotopic (exact) mass is 358 g/mol. The maximum absolute atomic E-state index is 9.74. The Kier molecular flexibility index (Phi) is 6.11. The topological polar surface area (TPSA) is 147 Å². The Morgan fingerprint density at radius 1 is 1.29 bits per heavy atom. The van der Waals surface area contributed by atoms with Crippen LogP contribution in [0.5, 0.6) is 0 Å². The third kappa shape index (κ3) is 4.41. The molecule has 1 aromatic rings. The fourth-order valence-corrected chi connectivity index (χ4v) is 3.35. The zero-order valence-corrected chi connectivity index (χ0v) is 13.5. The van der Waals surface area contributed by atoms with Crippen molar-refractivity contribution >= 4 is 23.5 Å². The summed E-state index contributed by atoms with van der Waals surface area (Å²) in [5, 5.41) is 37.3. The minimum atomic E-state index is -2.38. The van der Waals surface area contributed by atoms with Gasteiger partial charge in [-0.25, -0.2) is 9.78 Å². The van der Waals surface area contributed by atoms with Gasteiger partial charge in [0.25, 0.3) is 0 Å². The SMILES string of the molecule is Clc1ccc([C@H]2C[C@@H]3CC[C@H]2[NH2+]3)cn1.O=C([O-])[C@H](O)[C@@H](O)C(=O)O. The molecule has 2 aliphatic rings. The number of carbonyl (C=O) groups excluding carboxylic acids is 1. The number of fused-ring (bicyclic) bond motifs is 2. The number of nitrogens with two attached hydrogens (primary N) is 1. The zero-order chi connectivity index (χ0) is 17.9. The van der Waals surface area contributed by atoms with Crippen LogP contribution in [0.1, 0.15) is 30.7 Å². The summed E-state index contributed by atoms with van der Waals surface area (Å²) < 4.78 is 0. The van der Waals surface area contributed by atoms with Crippen molar-refractivity contribution in [1.29, 1.82) is 0 Å². The van der Waals surface area contributed by atoms with Crippen LogP contribution < -0.4 is 10.4 Å². The predicted octanol–water partition coefficient (Wildman–Crippen LogP) is -2.14. The molecule has 5 atom stereocenters. The Morgan fingerprint density at radius 3 is 2.38 bits per heavy atom. The highest BCUT2D eigenvalue weighted by molar-refractivity contribution is 6.29. The molecule has 0 saturated carbocycles. The van der Waals surface area contributed by atoms with Gasteiger partial charge < -0.3 is 30.5 Å². The number of hydrogen-bond acceptors (Lipinski definition) is 6. The lowest BCUT2D eigenvalue weighted by molar-refractivity contribution is -0.682. The van der Waals surface area contributed by atoms with E-state index in [4.69, 9.17) is 26.9 Å². The van der Waals surface area contributed by atoms with E-state index in [1.807, 2.05) is 12.3 Å². The molecule has 0 aromatic carbocycles. The molecule has 2 aliphatic heterocycles. The standard InChI is InChI=1S/C11H13ClN2.C4H6O6/c12-11-4-1-7(6-13-11)9-5-8-2-3-10(9)14-8;5-1(3(7)8)2(6)4(9)10/h1,4,6,8-10,14H,2-3,5H2;1-2,5-6H,(H,7,8)(H,9,10)/t8-,9+,10+;1-,2-/m01/s1. The van der Waals surface area contributed by atoms with Crippen LogP contribution in [0.25, 0.3) is 0 Å². The highest BCUT2D eigenvalue weighted by atomic mass is 35.5. The summed E-state index contributed by atoms with van der Waals surface area (Å²) >= 11 is 5.78. The predicted molar refractivity (Wildman–Crippen MR) is 80.0 cm³/mol. The molecular weight excluding hydrogens is 340 g/mol. The molecular formula is C15H19ClN2O6. The molecule has 0 aliphatic carbocycles. The first kappa shape index (κ1) is 18.6. The van der Waals surface area contributed by atoms with Gasteiger partial charge in [0.05, 0.1) is 18.1 Å². The summed E-state index contributed by atoms with van der Waals surface area (Å²) in [4.78, 5) is 23.6. The molecule has 9 heteroatoms. The number of pyridine rings is 1. The van der Waals surface area contributed by atoms with Gasteiger partial charge >= 0.3 is 5.97 Å². The Morgan fingerprint density at radius 2 is 2.00 bits per heavy atom. The van der Waals surface area contributed by atoms with E-state index >= 15 is 0 Å². The minimum absolute atomic E-state index is 0.598. The maximum atomic E-state index is 9.74. The van der Waals surface area contributed by atoms with E-state index in [-0.39, 0.29) is 0 Å². The molecule has 2 bridgehead atoms. The second kappa shape index (κ2) is 7.89. The Labute approximate surface area is 143 Å². The third-order valence-electron chi connectivity index (χ3n) is 4.44. The van der Waals surface area contributed by atoms with Gasteiger partial charge in [-0.05, 0) is 11.6 Å². The normalized spacial score (nSPS) is 27.0. The van der Waals surface area contributed by atoms with Gasteiger partial charge in [-0.1, -0.05) is 17.7 Å². The summed E-state index contributed by atoms with van der Waals surface area (Å²) in [7, 11) is 0. The molecule has 24 heavy (non-hydrogen) atoms. The number of carboxylic acid groups (broad SMARTS) is 2. The molecule has 132 valence electrons. The number of rotatable bonds is 4. The van der Waals surface area contributed by atoms with Gasteiger partial charge in [0.1, 0.15) is 11.3 Å². The Bertz CT molecular complexity index is 578. The number of nitrogens with zero attached hydrogens (tertiary/aromatic N) is 1. The third-order valence-corrected chi connectivity index (χ3v) is 4.66.